The first-order chi connectivity index (χ1) is 16.4. The molecule has 0 N–H and O–H groups in total. The first kappa shape index (κ1) is 26.5. The van der Waals surface area contributed by atoms with E-state index in [1.807, 2.05) is 0 Å². The summed E-state index contributed by atoms with van der Waals surface area (Å²) in [5, 5.41) is 0.207. The van der Waals surface area contributed by atoms with E-state index >= 15 is 0 Å². The molecule has 2 aromatic carbocycles. The van der Waals surface area contributed by atoms with Crippen LogP contribution < -0.4 is 5.43 Å². The van der Waals surface area contributed by atoms with E-state index in [9.17, 15) is 23.2 Å². The summed E-state index contributed by atoms with van der Waals surface area (Å²) in [5.41, 5.74) is -1.08. The van der Waals surface area contributed by atoms with Crippen LogP contribution in [-0.4, -0.2) is 28.7 Å². The van der Waals surface area contributed by atoms with E-state index in [2.05, 4.69) is 15.9 Å². The van der Waals surface area contributed by atoms with Gasteiger partial charge in [-0.15, -0.1) is 0 Å². The van der Waals surface area contributed by atoms with E-state index in [4.69, 9.17) is 9.47 Å². The van der Waals surface area contributed by atoms with Gasteiger partial charge < -0.3 is 14.0 Å². The van der Waals surface area contributed by atoms with Crippen molar-refractivity contribution in [3.8, 4) is 0 Å². The van der Waals surface area contributed by atoms with Gasteiger partial charge in [-0.2, -0.15) is 0 Å². The Morgan fingerprint density at radius 2 is 1.80 bits per heavy atom. The van der Waals surface area contributed by atoms with Gasteiger partial charge in [0.15, 0.2) is 11.6 Å². The second kappa shape index (κ2) is 10.7. The van der Waals surface area contributed by atoms with Crippen LogP contribution in [0.25, 0.3) is 10.9 Å². The predicted octanol–water partition coefficient (Wildman–Crippen LogP) is 5.35. The number of nitrogens with zero attached hydrogens (tertiary/aromatic N) is 1. The molecule has 1 aromatic heterocycles. The molecular weight excluding hydrogens is 524 g/mol. The van der Waals surface area contributed by atoms with E-state index < -0.39 is 34.6 Å². The lowest BCUT2D eigenvalue weighted by molar-refractivity contribution is -0.143. The Kier molecular flexibility index (Phi) is 8.10. The SMILES string of the molecule is CCOC(=O)Cn1c(CCc2cccc(F)c2F)c(C(=O)OC(C)(C)C)c(=O)c2ccc(Br)cc21. The molecular formula is C26H26BrF2NO5. The van der Waals surface area contributed by atoms with E-state index in [-0.39, 0.29) is 48.2 Å². The maximum absolute atomic E-state index is 14.4. The molecule has 35 heavy (non-hydrogen) atoms. The third kappa shape index (κ3) is 6.14. The highest BCUT2D eigenvalue weighted by molar-refractivity contribution is 9.10. The third-order valence-electron chi connectivity index (χ3n) is 5.19. The fourth-order valence-corrected chi connectivity index (χ4v) is 4.13. The summed E-state index contributed by atoms with van der Waals surface area (Å²) in [6, 6.07) is 8.67. The highest BCUT2D eigenvalue weighted by atomic mass is 79.9. The average Bonchev–Trinajstić information content (AvgIpc) is 2.75. The number of esters is 2. The third-order valence-corrected chi connectivity index (χ3v) is 5.69. The molecule has 9 heteroatoms. The van der Waals surface area contributed by atoms with Crippen LogP contribution in [0.1, 0.15) is 49.3 Å². The molecule has 0 aliphatic carbocycles. The van der Waals surface area contributed by atoms with Crippen LogP contribution in [0, 0.1) is 11.6 Å². The smallest absolute Gasteiger partial charge is 0.344 e. The van der Waals surface area contributed by atoms with Gasteiger partial charge >= 0.3 is 11.9 Å². The van der Waals surface area contributed by atoms with Crippen LogP contribution in [0.15, 0.2) is 45.7 Å². The number of rotatable bonds is 7. The van der Waals surface area contributed by atoms with Crippen molar-refractivity contribution < 1.29 is 27.8 Å². The van der Waals surface area contributed by atoms with Crippen molar-refractivity contribution in [1.29, 1.82) is 0 Å². The maximum atomic E-state index is 14.4. The second-order valence-corrected chi connectivity index (χ2v) is 9.83. The zero-order valence-electron chi connectivity index (χ0n) is 19.9. The van der Waals surface area contributed by atoms with Crippen LogP contribution in [0.5, 0.6) is 0 Å². The van der Waals surface area contributed by atoms with Crippen molar-refractivity contribution in [3.05, 3.63) is 79.5 Å². The van der Waals surface area contributed by atoms with E-state index in [1.165, 1.54) is 16.7 Å². The summed E-state index contributed by atoms with van der Waals surface area (Å²) < 4.78 is 40.9. The van der Waals surface area contributed by atoms with Crippen molar-refractivity contribution in [2.24, 2.45) is 0 Å². The van der Waals surface area contributed by atoms with Crippen LogP contribution in [0.3, 0.4) is 0 Å². The lowest BCUT2D eigenvalue weighted by atomic mass is 10.0. The van der Waals surface area contributed by atoms with Gasteiger partial charge in [-0.25, -0.2) is 13.6 Å². The van der Waals surface area contributed by atoms with Gasteiger partial charge in [0, 0.05) is 15.6 Å². The van der Waals surface area contributed by atoms with Crippen LogP contribution in [0.4, 0.5) is 8.78 Å². The summed E-state index contributed by atoms with van der Waals surface area (Å²) in [6.07, 6.45) is -0.0623. The number of hydrogen-bond donors (Lipinski definition) is 0. The van der Waals surface area contributed by atoms with Crippen molar-refractivity contribution in [1.82, 2.24) is 4.57 Å². The number of carbonyl (C=O) groups is 2. The Hall–Kier alpha value is -3.07. The van der Waals surface area contributed by atoms with Crippen LogP contribution in [0.2, 0.25) is 0 Å². The minimum atomic E-state index is -1.01. The minimum Gasteiger partial charge on any atom is -0.465 e. The van der Waals surface area contributed by atoms with Crippen molar-refractivity contribution >= 4 is 38.8 Å². The summed E-state index contributed by atoms with van der Waals surface area (Å²) in [4.78, 5) is 39.2. The molecule has 0 bridgehead atoms. The molecule has 0 aliphatic rings. The summed E-state index contributed by atoms with van der Waals surface area (Å²) in [6.45, 7) is 6.52. The minimum absolute atomic E-state index is 0.0266. The first-order valence-electron chi connectivity index (χ1n) is 11.1. The van der Waals surface area contributed by atoms with Crippen molar-refractivity contribution in [3.63, 3.8) is 0 Å². The topological polar surface area (TPSA) is 74.6 Å². The largest absolute Gasteiger partial charge is 0.465 e. The van der Waals surface area contributed by atoms with Gasteiger partial charge in [-0.05, 0) is 70.4 Å². The fraction of sp³-hybridized carbons (Fsp3) is 0.346. The molecule has 1 heterocycles. The molecule has 6 nitrogen and oxygen atoms in total. The Morgan fingerprint density at radius 3 is 2.46 bits per heavy atom. The molecule has 0 saturated heterocycles. The number of aryl methyl sites for hydroxylation is 1. The fourth-order valence-electron chi connectivity index (χ4n) is 3.78. The normalized spacial score (nSPS) is 11.5. The van der Waals surface area contributed by atoms with Gasteiger partial charge in [0.25, 0.3) is 0 Å². The van der Waals surface area contributed by atoms with Crippen LogP contribution in [-0.2, 0) is 33.7 Å². The predicted molar refractivity (Wildman–Crippen MR) is 131 cm³/mol. The number of pyridine rings is 1. The zero-order chi connectivity index (χ0) is 25.9. The number of hydrogen-bond acceptors (Lipinski definition) is 5. The molecule has 3 rings (SSSR count). The quantitative estimate of drug-likeness (QED) is 0.371. The molecule has 0 saturated carbocycles. The standard InChI is InChI=1S/C26H26BrF2NO5/c1-5-34-21(31)14-30-19(12-9-15-7-6-8-18(28)23(15)29)22(25(33)35-26(2,3)4)24(32)17-11-10-16(27)13-20(17)30/h6-8,10-11,13H,5,9,12,14H2,1-4H3. The summed E-state index contributed by atoms with van der Waals surface area (Å²) >= 11 is 3.38. The molecule has 0 amide bonds. The average molecular weight is 550 g/mol. The molecule has 0 aliphatic heterocycles. The van der Waals surface area contributed by atoms with Gasteiger partial charge in [0.1, 0.15) is 17.7 Å². The van der Waals surface area contributed by atoms with Crippen LogP contribution >= 0.6 is 15.9 Å². The van der Waals surface area contributed by atoms with Crippen molar-refractivity contribution in [2.75, 3.05) is 6.61 Å². The van der Waals surface area contributed by atoms with E-state index in [0.717, 1.165) is 6.07 Å². The Balaban J connectivity index is 2.28. The Bertz CT molecular complexity index is 1340. The Morgan fingerprint density at radius 1 is 1.09 bits per heavy atom. The number of carbonyl (C=O) groups excluding carboxylic acids is 2. The zero-order valence-corrected chi connectivity index (χ0v) is 21.5. The molecule has 3 aromatic rings. The van der Waals surface area contributed by atoms with Gasteiger partial charge in [0.2, 0.25) is 5.43 Å². The number of aromatic nitrogens is 1. The molecule has 186 valence electrons. The monoisotopic (exact) mass is 549 g/mol. The molecule has 0 radical (unpaired) electrons. The molecule has 0 atom stereocenters. The maximum Gasteiger partial charge on any atom is 0.344 e. The van der Waals surface area contributed by atoms with Gasteiger partial charge in [-0.3, -0.25) is 9.59 Å². The highest BCUT2D eigenvalue weighted by Gasteiger charge is 2.28. The lowest BCUT2D eigenvalue weighted by Gasteiger charge is -2.23. The second-order valence-electron chi connectivity index (χ2n) is 8.92. The lowest BCUT2D eigenvalue weighted by Crippen LogP contribution is -2.32. The number of fused-ring (bicyclic) bond motifs is 1. The Labute approximate surface area is 210 Å². The number of benzene rings is 2. The number of ether oxygens (including phenoxy) is 2. The molecule has 0 spiro atoms. The van der Waals surface area contributed by atoms with Crippen molar-refractivity contribution in [2.45, 2.75) is 52.7 Å². The highest BCUT2D eigenvalue weighted by Crippen LogP contribution is 2.25. The van der Waals surface area contributed by atoms with Gasteiger partial charge in [0.05, 0.1) is 12.1 Å². The summed E-state index contributed by atoms with van der Waals surface area (Å²) in [5.74, 6) is -3.44. The van der Waals surface area contributed by atoms with E-state index in [0.29, 0.717) is 9.99 Å². The number of halogens is 3. The molecule has 0 unspecified atom stereocenters. The van der Waals surface area contributed by atoms with E-state index in [1.54, 1.807) is 45.9 Å². The molecule has 0 fully saturated rings. The van der Waals surface area contributed by atoms with Gasteiger partial charge in [-0.1, -0.05) is 28.1 Å². The first-order valence-corrected chi connectivity index (χ1v) is 11.9. The summed E-state index contributed by atoms with van der Waals surface area (Å²) in [7, 11) is 0.